The smallest absolute Gasteiger partial charge is 0.335 e. The van der Waals surface area contributed by atoms with Crippen LogP contribution in [0, 0.1) is 6.92 Å². The van der Waals surface area contributed by atoms with Crippen molar-refractivity contribution in [1.82, 2.24) is 0 Å². The molecule has 2 aliphatic rings. The quantitative estimate of drug-likeness (QED) is 0.609. The number of amides is 1. The molecule has 0 aromatic heterocycles. The molecule has 0 saturated heterocycles. The molecular formula is C26H23NO5. The highest BCUT2D eigenvalue weighted by Gasteiger charge is 2.51. The summed E-state index contributed by atoms with van der Waals surface area (Å²) in [6.45, 7) is 3.00. The normalized spacial score (nSPS) is 15.7. The van der Waals surface area contributed by atoms with Gasteiger partial charge in [-0.2, -0.15) is 0 Å². The number of aryl methyl sites for hydroxylation is 1. The largest absolute Gasteiger partial charge is 0.486 e. The van der Waals surface area contributed by atoms with Crippen LogP contribution in [0.4, 0.5) is 5.69 Å². The minimum atomic E-state index is -0.968. The predicted molar refractivity (Wildman–Crippen MR) is 121 cm³/mol. The van der Waals surface area contributed by atoms with E-state index in [2.05, 4.69) is 5.32 Å². The number of hydrogen-bond donors (Lipinski definition) is 2. The molecule has 2 N–H and O–H groups in total. The molecule has 0 spiro atoms. The average Bonchev–Trinajstić information content (AvgIpc) is 3.62. The Balaban J connectivity index is 1.41. The van der Waals surface area contributed by atoms with Crippen LogP contribution < -0.4 is 14.8 Å². The maximum atomic E-state index is 13.3. The molecule has 0 atom stereocenters. The Labute approximate surface area is 185 Å². The second-order valence-electron chi connectivity index (χ2n) is 8.31. The molecule has 1 saturated carbocycles. The highest BCUT2D eigenvalue weighted by molar-refractivity contribution is 6.02. The highest BCUT2D eigenvalue weighted by Crippen LogP contribution is 2.51. The van der Waals surface area contributed by atoms with Gasteiger partial charge in [0.2, 0.25) is 5.91 Å². The van der Waals surface area contributed by atoms with Crippen LogP contribution >= 0.6 is 0 Å². The zero-order valence-corrected chi connectivity index (χ0v) is 17.7. The Morgan fingerprint density at radius 1 is 0.938 bits per heavy atom. The fraction of sp³-hybridized carbons (Fsp3) is 0.231. The Morgan fingerprint density at radius 3 is 2.47 bits per heavy atom. The highest BCUT2D eigenvalue weighted by atomic mass is 16.6. The molecule has 1 amide bonds. The van der Waals surface area contributed by atoms with Gasteiger partial charge in [0.05, 0.1) is 11.0 Å². The number of rotatable bonds is 5. The zero-order chi connectivity index (χ0) is 22.3. The lowest BCUT2D eigenvalue weighted by atomic mass is 9.94. The number of carbonyl (C=O) groups is 2. The van der Waals surface area contributed by atoms with Gasteiger partial charge in [0.15, 0.2) is 11.5 Å². The maximum absolute atomic E-state index is 13.3. The van der Waals surface area contributed by atoms with Gasteiger partial charge in [-0.25, -0.2) is 4.79 Å². The summed E-state index contributed by atoms with van der Waals surface area (Å²) < 4.78 is 11.3. The van der Waals surface area contributed by atoms with Crippen LogP contribution in [-0.2, 0) is 10.2 Å². The summed E-state index contributed by atoms with van der Waals surface area (Å²) in [6.07, 6.45) is 1.55. The van der Waals surface area contributed by atoms with Crippen LogP contribution in [0.5, 0.6) is 11.5 Å². The third kappa shape index (κ3) is 3.58. The van der Waals surface area contributed by atoms with Crippen LogP contribution in [0.1, 0.15) is 34.3 Å². The Hall–Kier alpha value is -3.80. The molecule has 6 nitrogen and oxygen atoms in total. The lowest BCUT2D eigenvalue weighted by Crippen LogP contribution is -2.28. The molecule has 32 heavy (non-hydrogen) atoms. The standard InChI is InChI=1S/C26H23NO5/c1-16-5-7-20(15-21(16)17-3-2-4-18(13-17)24(28)29)27-25(30)26(9-10-26)19-6-8-22-23(14-19)32-12-11-31-22/h2-8,13-15H,9-12H2,1H3,(H,27,30)(H,28,29). The van der Waals surface area contributed by atoms with E-state index in [0.29, 0.717) is 30.4 Å². The van der Waals surface area contributed by atoms with Crippen LogP contribution in [-0.4, -0.2) is 30.2 Å². The van der Waals surface area contributed by atoms with Crippen molar-refractivity contribution in [2.45, 2.75) is 25.2 Å². The lowest BCUT2D eigenvalue weighted by Gasteiger charge is -2.22. The van der Waals surface area contributed by atoms with E-state index in [1.165, 1.54) is 0 Å². The average molecular weight is 429 g/mol. The first-order valence-electron chi connectivity index (χ1n) is 10.6. The summed E-state index contributed by atoms with van der Waals surface area (Å²) in [6, 6.07) is 18.2. The molecule has 0 radical (unpaired) electrons. The third-order valence-corrected chi connectivity index (χ3v) is 6.20. The van der Waals surface area contributed by atoms with E-state index in [0.717, 1.165) is 35.1 Å². The van der Waals surface area contributed by atoms with Crippen LogP contribution in [0.3, 0.4) is 0 Å². The fourth-order valence-corrected chi connectivity index (χ4v) is 4.19. The number of anilines is 1. The van der Waals surface area contributed by atoms with Gasteiger partial charge in [0.1, 0.15) is 13.2 Å². The van der Waals surface area contributed by atoms with Gasteiger partial charge >= 0.3 is 5.97 Å². The first kappa shape index (κ1) is 20.1. The monoisotopic (exact) mass is 429 g/mol. The molecule has 162 valence electrons. The molecule has 6 heteroatoms. The first-order chi connectivity index (χ1) is 15.5. The molecule has 0 bridgehead atoms. The molecular weight excluding hydrogens is 406 g/mol. The van der Waals surface area contributed by atoms with Gasteiger partial charge in [0, 0.05) is 5.69 Å². The molecule has 3 aromatic rings. The van der Waals surface area contributed by atoms with E-state index in [1.807, 2.05) is 49.4 Å². The van der Waals surface area contributed by atoms with Gasteiger partial charge in [-0.15, -0.1) is 0 Å². The van der Waals surface area contributed by atoms with Gasteiger partial charge in [-0.1, -0.05) is 24.3 Å². The van der Waals surface area contributed by atoms with Crippen molar-refractivity contribution < 1.29 is 24.2 Å². The Kier molecular flexibility index (Phi) is 4.85. The van der Waals surface area contributed by atoms with Crippen molar-refractivity contribution in [2.75, 3.05) is 18.5 Å². The fourth-order valence-electron chi connectivity index (χ4n) is 4.19. The second-order valence-corrected chi connectivity index (χ2v) is 8.31. The number of nitrogens with one attached hydrogen (secondary N) is 1. The van der Waals surface area contributed by atoms with Gasteiger partial charge in [-0.05, 0) is 78.4 Å². The number of carbonyl (C=O) groups excluding carboxylic acids is 1. The van der Waals surface area contributed by atoms with Crippen LogP contribution in [0.2, 0.25) is 0 Å². The number of hydrogen-bond acceptors (Lipinski definition) is 4. The molecule has 1 fully saturated rings. The van der Waals surface area contributed by atoms with E-state index < -0.39 is 11.4 Å². The van der Waals surface area contributed by atoms with Crippen molar-refractivity contribution in [1.29, 1.82) is 0 Å². The molecule has 1 aliphatic carbocycles. The summed E-state index contributed by atoms with van der Waals surface area (Å²) in [5.41, 5.74) is 3.96. The van der Waals surface area contributed by atoms with Crippen LogP contribution in [0.15, 0.2) is 60.7 Å². The Bertz CT molecular complexity index is 1230. The first-order valence-corrected chi connectivity index (χ1v) is 10.6. The number of fused-ring (bicyclic) bond motifs is 1. The molecule has 5 rings (SSSR count). The van der Waals surface area contributed by atoms with Gasteiger partial charge < -0.3 is 19.9 Å². The number of benzene rings is 3. The number of aromatic carboxylic acids is 1. The summed E-state index contributed by atoms with van der Waals surface area (Å²) in [5.74, 6) is 0.374. The van der Waals surface area contributed by atoms with E-state index in [1.54, 1.807) is 18.2 Å². The minimum absolute atomic E-state index is 0.0525. The van der Waals surface area contributed by atoms with Crippen molar-refractivity contribution in [3.05, 3.63) is 77.4 Å². The topological polar surface area (TPSA) is 84.9 Å². The van der Waals surface area contributed by atoms with Crippen molar-refractivity contribution in [3.8, 4) is 22.6 Å². The lowest BCUT2D eigenvalue weighted by molar-refractivity contribution is -0.118. The summed E-state index contributed by atoms with van der Waals surface area (Å²) in [7, 11) is 0. The maximum Gasteiger partial charge on any atom is 0.335 e. The number of carboxylic acid groups (broad SMARTS) is 1. The molecule has 1 heterocycles. The predicted octanol–water partition coefficient (Wildman–Crippen LogP) is 4.80. The molecule has 3 aromatic carbocycles. The van der Waals surface area contributed by atoms with E-state index in [9.17, 15) is 14.7 Å². The number of ether oxygens (including phenoxy) is 2. The van der Waals surface area contributed by atoms with Crippen molar-refractivity contribution >= 4 is 17.6 Å². The minimum Gasteiger partial charge on any atom is -0.486 e. The van der Waals surface area contributed by atoms with E-state index in [-0.39, 0.29) is 11.5 Å². The van der Waals surface area contributed by atoms with E-state index >= 15 is 0 Å². The van der Waals surface area contributed by atoms with E-state index in [4.69, 9.17) is 9.47 Å². The zero-order valence-electron chi connectivity index (χ0n) is 17.7. The molecule has 0 unspecified atom stereocenters. The number of carboxylic acids is 1. The second kappa shape index (κ2) is 7.71. The Morgan fingerprint density at radius 2 is 1.72 bits per heavy atom. The van der Waals surface area contributed by atoms with Gasteiger partial charge in [-0.3, -0.25) is 4.79 Å². The molecule has 1 aliphatic heterocycles. The SMILES string of the molecule is Cc1ccc(NC(=O)C2(c3ccc4c(c3)OCCO4)CC2)cc1-c1cccc(C(=O)O)c1. The summed E-state index contributed by atoms with van der Waals surface area (Å²) >= 11 is 0. The van der Waals surface area contributed by atoms with Gasteiger partial charge in [0.25, 0.3) is 0 Å². The summed E-state index contributed by atoms with van der Waals surface area (Å²) in [4.78, 5) is 24.6. The van der Waals surface area contributed by atoms with Crippen molar-refractivity contribution in [2.24, 2.45) is 0 Å². The van der Waals surface area contributed by atoms with Crippen LogP contribution in [0.25, 0.3) is 11.1 Å². The summed E-state index contributed by atoms with van der Waals surface area (Å²) in [5, 5.41) is 12.4. The third-order valence-electron chi connectivity index (χ3n) is 6.20. The van der Waals surface area contributed by atoms with Crippen molar-refractivity contribution in [3.63, 3.8) is 0 Å².